The highest BCUT2D eigenvalue weighted by Crippen LogP contribution is 2.34. The van der Waals surface area contributed by atoms with Gasteiger partial charge in [0.25, 0.3) is 0 Å². The first-order chi connectivity index (χ1) is 14.1. The highest BCUT2D eigenvalue weighted by Gasteiger charge is 2.33. The van der Waals surface area contributed by atoms with Crippen molar-refractivity contribution in [3.63, 3.8) is 0 Å². The second-order valence-corrected chi connectivity index (χ2v) is 7.64. The zero-order chi connectivity index (χ0) is 20.4. The number of likely N-dealkylation sites (tertiary alicyclic amines) is 1. The highest BCUT2D eigenvalue weighted by atomic mass is 19.1. The van der Waals surface area contributed by atoms with Crippen LogP contribution in [0.5, 0.6) is 0 Å². The van der Waals surface area contributed by atoms with Crippen LogP contribution in [0, 0.1) is 12.7 Å². The van der Waals surface area contributed by atoms with Gasteiger partial charge in [-0.2, -0.15) is 0 Å². The summed E-state index contributed by atoms with van der Waals surface area (Å²) < 4.78 is 19.6. The van der Waals surface area contributed by atoms with E-state index in [1.54, 1.807) is 13.0 Å². The number of aryl methyl sites for hydroxylation is 1. The number of oxazole rings is 1. The summed E-state index contributed by atoms with van der Waals surface area (Å²) in [6.07, 6.45) is 3.80. The number of carbonyl (C=O) groups is 1. The number of aromatic nitrogens is 1. The summed E-state index contributed by atoms with van der Waals surface area (Å²) in [7, 11) is 0. The van der Waals surface area contributed by atoms with Gasteiger partial charge in [-0.25, -0.2) is 14.2 Å². The number of unbranched alkanes of at least 4 members (excludes halogenated alkanes) is 1. The van der Waals surface area contributed by atoms with Crippen molar-refractivity contribution in [1.82, 2.24) is 15.2 Å². The van der Waals surface area contributed by atoms with Crippen molar-refractivity contribution < 1.29 is 13.6 Å². The minimum atomic E-state index is -0.211. The van der Waals surface area contributed by atoms with Crippen molar-refractivity contribution in [2.75, 3.05) is 13.1 Å². The lowest BCUT2D eigenvalue weighted by atomic mass is 10.0. The minimum absolute atomic E-state index is 0.0503. The Morgan fingerprint density at radius 2 is 2.07 bits per heavy atom. The number of nitrogens with one attached hydrogen (secondary N) is 1. The lowest BCUT2D eigenvalue weighted by Crippen LogP contribution is -2.39. The van der Waals surface area contributed by atoms with Crippen LogP contribution in [0.25, 0.3) is 22.2 Å². The monoisotopic (exact) mass is 395 g/mol. The minimum Gasteiger partial charge on any atom is -0.438 e. The molecule has 6 heteroatoms. The van der Waals surface area contributed by atoms with Crippen molar-refractivity contribution in [3.8, 4) is 11.1 Å². The number of hydrogen-bond donors (Lipinski definition) is 1. The van der Waals surface area contributed by atoms with Crippen LogP contribution in [-0.2, 0) is 0 Å². The van der Waals surface area contributed by atoms with E-state index in [0.29, 0.717) is 30.1 Å². The zero-order valence-electron chi connectivity index (χ0n) is 16.9. The molecule has 1 saturated heterocycles. The van der Waals surface area contributed by atoms with E-state index in [4.69, 9.17) is 4.42 Å². The van der Waals surface area contributed by atoms with Crippen LogP contribution in [0.2, 0.25) is 0 Å². The molecule has 1 atom stereocenters. The number of nitrogens with zero attached hydrogens (tertiary/aromatic N) is 2. The standard InChI is InChI=1S/C23H26FN3O2/c1-3-4-11-25-23(28)27-12-5-6-20(27)22-26-19-14-17(8-10-21(19)29-22)16-7-9-18(24)15(2)13-16/h7-10,13-14,20H,3-6,11-12H2,1-2H3,(H,25,28)/t20-/m0/s1. The molecule has 5 nitrogen and oxygen atoms in total. The van der Waals surface area contributed by atoms with Gasteiger partial charge in [-0.1, -0.05) is 25.5 Å². The van der Waals surface area contributed by atoms with E-state index in [1.807, 2.05) is 29.2 Å². The third-order valence-corrected chi connectivity index (χ3v) is 5.50. The molecule has 1 fully saturated rings. The van der Waals surface area contributed by atoms with Gasteiger partial charge in [0, 0.05) is 13.1 Å². The van der Waals surface area contributed by atoms with Crippen LogP contribution in [-0.4, -0.2) is 29.0 Å². The molecule has 0 bridgehead atoms. The summed E-state index contributed by atoms with van der Waals surface area (Å²) in [6.45, 7) is 5.25. The topological polar surface area (TPSA) is 58.4 Å². The van der Waals surface area contributed by atoms with Gasteiger partial charge < -0.3 is 14.6 Å². The van der Waals surface area contributed by atoms with Crippen LogP contribution in [0.15, 0.2) is 40.8 Å². The molecular weight excluding hydrogens is 369 g/mol. The molecule has 2 amide bonds. The molecule has 1 aliphatic heterocycles. The third kappa shape index (κ3) is 3.97. The molecule has 1 aliphatic rings. The van der Waals surface area contributed by atoms with Crippen molar-refractivity contribution in [1.29, 1.82) is 0 Å². The maximum atomic E-state index is 13.6. The number of urea groups is 1. The number of halogens is 1. The molecule has 152 valence electrons. The van der Waals surface area contributed by atoms with Gasteiger partial charge in [0.05, 0.1) is 0 Å². The lowest BCUT2D eigenvalue weighted by Gasteiger charge is -2.22. The van der Waals surface area contributed by atoms with Crippen LogP contribution in [0.3, 0.4) is 0 Å². The van der Waals surface area contributed by atoms with Gasteiger partial charge in [0.1, 0.15) is 17.4 Å². The molecular formula is C23H26FN3O2. The van der Waals surface area contributed by atoms with Crippen LogP contribution in [0.4, 0.5) is 9.18 Å². The average molecular weight is 395 g/mol. The molecule has 2 aromatic carbocycles. The highest BCUT2D eigenvalue weighted by molar-refractivity contribution is 5.81. The van der Waals surface area contributed by atoms with E-state index >= 15 is 0 Å². The second kappa shape index (κ2) is 8.23. The smallest absolute Gasteiger partial charge is 0.318 e. The molecule has 1 N–H and O–H groups in total. The van der Waals surface area contributed by atoms with Crippen molar-refractivity contribution >= 4 is 17.1 Å². The first kappa shape index (κ1) is 19.4. The predicted molar refractivity (Wildman–Crippen MR) is 111 cm³/mol. The van der Waals surface area contributed by atoms with Crippen LogP contribution in [0.1, 0.15) is 50.1 Å². The maximum Gasteiger partial charge on any atom is 0.318 e. The molecule has 0 spiro atoms. The quantitative estimate of drug-likeness (QED) is 0.573. The SMILES string of the molecule is CCCCNC(=O)N1CCC[C@H]1c1nc2cc(-c3ccc(F)c(C)c3)ccc2o1. The molecule has 3 aromatic rings. The third-order valence-electron chi connectivity index (χ3n) is 5.50. The Kier molecular flexibility index (Phi) is 5.51. The fourth-order valence-electron chi connectivity index (χ4n) is 3.83. The summed E-state index contributed by atoms with van der Waals surface area (Å²) in [5.74, 6) is 0.368. The molecule has 0 aliphatic carbocycles. The lowest BCUT2D eigenvalue weighted by molar-refractivity contribution is 0.185. The van der Waals surface area contributed by atoms with Gasteiger partial charge in [-0.05, 0) is 67.1 Å². The Morgan fingerprint density at radius 3 is 2.86 bits per heavy atom. The number of benzene rings is 2. The largest absolute Gasteiger partial charge is 0.438 e. The number of amides is 2. The van der Waals surface area contributed by atoms with Gasteiger partial charge in [-0.15, -0.1) is 0 Å². The van der Waals surface area contributed by atoms with Crippen molar-refractivity contribution in [2.45, 2.75) is 45.6 Å². The Labute approximate surface area is 169 Å². The summed E-state index contributed by atoms with van der Waals surface area (Å²) in [6, 6.07) is 10.7. The van der Waals surface area contributed by atoms with E-state index < -0.39 is 0 Å². The normalized spacial score (nSPS) is 16.5. The number of fused-ring (bicyclic) bond motifs is 1. The Balaban J connectivity index is 1.58. The van der Waals surface area contributed by atoms with E-state index in [-0.39, 0.29) is 17.9 Å². The number of rotatable bonds is 5. The Morgan fingerprint density at radius 1 is 1.28 bits per heavy atom. The summed E-state index contributed by atoms with van der Waals surface area (Å²) in [4.78, 5) is 19.0. The molecule has 0 unspecified atom stereocenters. The van der Waals surface area contributed by atoms with Crippen molar-refractivity contribution in [3.05, 3.63) is 53.7 Å². The van der Waals surface area contributed by atoms with Gasteiger partial charge in [-0.3, -0.25) is 0 Å². The fraction of sp³-hybridized carbons (Fsp3) is 0.391. The van der Waals surface area contributed by atoms with Crippen LogP contribution < -0.4 is 5.32 Å². The van der Waals surface area contributed by atoms with E-state index in [9.17, 15) is 9.18 Å². The summed E-state index contributed by atoms with van der Waals surface area (Å²) >= 11 is 0. The summed E-state index contributed by atoms with van der Waals surface area (Å²) in [5, 5.41) is 2.99. The predicted octanol–water partition coefficient (Wildman–Crippen LogP) is 5.59. The number of hydrogen-bond acceptors (Lipinski definition) is 3. The molecule has 4 rings (SSSR count). The van der Waals surface area contributed by atoms with E-state index in [1.165, 1.54) is 6.07 Å². The molecule has 0 saturated carbocycles. The fourth-order valence-corrected chi connectivity index (χ4v) is 3.83. The van der Waals surface area contributed by atoms with E-state index in [2.05, 4.69) is 17.2 Å². The van der Waals surface area contributed by atoms with Crippen LogP contribution >= 0.6 is 0 Å². The van der Waals surface area contributed by atoms with Crippen molar-refractivity contribution in [2.24, 2.45) is 0 Å². The maximum absolute atomic E-state index is 13.6. The van der Waals surface area contributed by atoms with Gasteiger partial charge in [0.2, 0.25) is 5.89 Å². The second-order valence-electron chi connectivity index (χ2n) is 7.64. The number of carbonyl (C=O) groups excluding carboxylic acids is 1. The first-order valence-corrected chi connectivity index (χ1v) is 10.3. The zero-order valence-corrected chi connectivity index (χ0v) is 16.9. The average Bonchev–Trinajstić information content (AvgIpc) is 3.36. The molecule has 2 heterocycles. The molecule has 0 radical (unpaired) electrons. The molecule has 29 heavy (non-hydrogen) atoms. The Bertz CT molecular complexity index is 1030. The van der Waals surface area contributed by atoms with Gasteiger partial charge >= 0.3 is 6.03 Å². The molecule has 1 aromatic heterocycles. The van der Waals surface area contributed by atoms with E-state index in [0.717, 1.165) is 42.3 Å². The first-order valence-electron chi connectivity index (χ1n) is 10.3. The Hall–Kier alpha value is -2.89. The van der Waals surface area contributed by atoms with Gasteiger partial charge in [0.15, 0.2) is 5.58 Å². The summed E-state index contributed by atoms with van der Waals surface area (Å²) in [5.41, 5.74) is 3.95.